The summed E-state index contributed by atoms with van der Waals surface area (Å²) in [6.45, 7) is 2.74. The Morgan fingerprint density at radius 1 is 1.33 bits per heavy atom. The number of sulfone groups is 1. The van der Waals surface area contributed by atoms with E-state index in [-0.39, 0.29) is 37.5 Å². The quantitative estimate of drug-likeness (QED) is 0.334. The topological polar surface area (TPSA) is 150 Å². The highest BCUT2D eigenvalue weighted by atomic mass is 32.2. The van der Waals surface area contributed by atoms with Crippen LogP contribution in [0.5, 0.6) is 0 Å². The predicted octanol–water partition coefficient (Wildman–Crippen LogP) is -1.86. The van der Waals surface area contributed by atoms with E-state index in [4.69, 9.17) is 11.5 Å². The summed E-state index contributed by atoms with van der Waals surface area (Å²) in [5.41, 5.74) is 10.6. The van der Waals surface area contributed by atoms with Crippen molar-refractivity contribution in [3.8, 4) is 0 Å². The molecule has 0 saturated carbocycles. The van der Waals surface area contributed by atoms with Crippen molar-refractivity contribution in [2.24, 2.45) is 11.5 Å². The summed E-state index contributed by atoms with van der Waals surface area (Å²) >= 11 is 0. The molecule has 2 unspecified atom stereocenters. The third-order valence-corrected chi connectivity index (χ3v) is 7.59. The minimum absolute atomic E-state index is 0.128. The second-order valence-electron chi connectivity index (χ2n) is 8.72. The van der Waals surface area contributed by atoms with E-state index in [0.29, 0.717) is 25.9 Å². The number of aliphatic hydroxyl groups is 1. The molecule has 2 fully saturated rings. The smallest absolute Gasteiger partial charge is 0.237 e. The van der Waals surface area contributed by atoms with E-state index in [1.54, 1.807) is 11.9 Å². The van der Waals surface area contributed by atoms with Crippen molar-refractivity contribution in [2.45, 2.75) is 55.7 Å². The number of amides is 2. The van der Waals surface area contributed by atoms with Crippen LogP contribution in [0.25, 0.3) is 0 Å². The van der Waals surface area contributed by atoms with E-state index in [0.717, 1.165) is 19.1 Å². The van der Waals surface area contributed by atoms with Crippen molar-refractivity contribution < 1.29 is 23.1 Å². The minimum Gasteiger partial charge on any atom is -0.390 e. The monoisotopic (exact) mass is 446 g/mol. The van der Waals surface area contributed by atoms with Crippen molar-refractivity contribution in [1.29, 1.82) is 0 Å². The molecule has 0 spiro atoms. The summed E-state index contributed by atoms with van der Waals surface area (Å²) in [6, 6.07) is 0.190. The maximum absolute atomic E-state index is 12.1. The first-order chi connectivity index (χ1) is 13.9. The summed E-state index contributed by atoms with van der Waals surface area (Å²) in [5, 5.41) is 9.70. The van der Waals surface area contributed by atoms with Gasteiger partial charge in [-0.05, 0) is 39.2 Å². The Labute approximate surface area is 179 Å². The molecule has 11 heteroatoms. The highest BCUT2D eigenvalue weighted by Crippen LogP contribution is 2.43. The van der Waals surface area contributed by atoms with Crippen molar-refractivity contribution in [3.05, 3.63) is 6.42 Å². The lowest BCUT2D eigenvalue weighted by Gasteiger charge is -2.43. The van der Waals surface area contributed by atoms with Crippen LogP contribution < -0.4 is 11.5 Å². The standard InChI is InChI=1S/C19H36N5O5S/c1-14(25)23(10-9-22(2)13-17(20)30(3,28)29)11-16(26)12-24-15-5-4-7-19(24,8-6-15)18(21)27/h4,15-17,26H,5-13,20H2,1-3H3,(H2,21,27)/t15-,16?,17?,19+/m1/s1. The highest BCUT2D eigenvalue weighted by molar-refractivity contribution is 7.91. The van der Waals surface area contributed by atoms with Crippen molar-refractivity contribution in [3.63, 3.8) is 0 Å². The van der Waals surface area contributed by atoms with Crippen LogP contribution in [0.3, 0.4) is 0 Å². The highest BCUT2D eigenvalue weighted by Gasteiger charge is 2.52. The number of β-amino-alcohol motifs (C(OH)–C–C–N with tert-alkyl or cyclic N) is 1. The minimum atomic E-state index is -3.34. The molecule has 30 heavy (non-hydrogen) atoms. The molecule has 0 aliphatic carbocycles. The fraction of sp³-hybridized carbons (Fsp3) is 0.842. The van der Waals surface area contributed by atoms with Crippen LogP contribution in [0.15, 0.2) is 0 Å². The molecule has 2 heterocycles. The van der Waals surface area contributed by atoms with Gasteiger partial charge in [0.15, 0.2) is 9.84 Å². The number of piperidine rings is 1. The first-order valence-corrected chi connectivity index (χ1v) is 12.3. The summed E-state index contributed by atoms with van der Waals surface area (Å²) in [5.74, 6) is -0.546. The number of likely N-dealkylation sites (N-methyl/N-ethyl adjacent to an activating group) is 1. The molecule has 2 amide bonds. The molecule has 2 rings (SSSR count). The Morgan fingerprint density at radius 2 is 2.00 bits per heavy atom. The molecule has 10 nitrogen and oxygen atoms in total. The molecule has 0 aromatic rings. The third kappa shape index (κ3) is 5.91. The Kier molecular flexibility index (Phi) is 8.25. The normalized spacial score (nSPS) is 26.5. The Morgan fingerprint density at radius 3 is 2.57 bits per heavy atom. The fourth-order valence-electron chi connectivity index (χ4n) is 4.46. The zero-order valence-corrected chi connectivity index (χ0v) is 19.0. The molecule has 1 radical (unpaired) electrons. The van der Waals surface area contributed by atoms with Crippen LogP contribution in [0.4, 0.5) is 0 Å². The maximum Gasteiger partial charge on any atom is 0.237 e. The fourth-order valence-corrected chi connectivity index (χ4v) is 4.99. The second kappa shape index (κ2) is 9.90. The van der Waals surface area contributed by atoms with Crippen LogP contribution in [-0.4, -0.2) is 109 Å². The first-order valence-electron chi connectivity index (χ1n) is 10.3. The van der Waals surface area contributed by atoms with Crippen molar-refractivity contribution in [1.82, 2.24) is 14.7 Å². The van der Waals surface area contributed by atoms with E-state index in [1.165, 1.54) is 11.8 Å². The molecule has 0 aromatic carbocycles. The maximum atomic E-state index is 12.1. The Hall–Kier alpha value is -1.27. The molecule has 2 aliphatic heterocycles. The van der Waals surface area contributed by atoms with Crippen LogP contribution in [0, 0.1) is 6.42 Å². The zero-order chi connectivity index (χ0) is 22.7. The van der Waals surface area contributed by atoms with Crippen LogP contribution in [0.2, 0.25) is 0 Å². The molecule has 173 valence electrons. The summed E-state index contributed by atoms with van der Waals surface area (Å²) in [7, 11) is -1.60. The van der Waals surface area contributed by atoms with Crippen molar-refractivity contribution >= 4 is 21.7 Å². The van der Waals surface area contributed by atoms with E-state index in [1.807, 2.05) is 4.90 Å². The molecule has 2 saturated heterocycles. The summed E-state index contributed by atoms with van der Waals surface area (Å²) in [6.07, 6.45) is 5.39. The van der Waals surface area contributed by atoms with Gasteiger partial charge in [0.05, 0.1) is 6.10 Å². The lowest BCUT2D eigenvalue weighted by molar-refractivity contribution is -0.134. The van der Waals surface area contributed by atoms with Gasteiger partial charge in [0.25, 0.3) is 0 Å². The molecule has 5 N–H and O–H groups in total. The number of nitrogens with zero attached hydrogens (tertiary/aromatic N) is 3. The van der Waals surface area contributed by atoms with E-state index in [9.17, 15) is 23.1 Å². The number of nitrogens with two attached hydrogens (primary N) is 2. The Bertz CT molecular complexity index is 729. The van der Waals surface area contributed by atoms with Gasteiger partial charge in [0.2, 0.25) is 11.8 Å². The van der Waals surface area contributed by atoms with E-state index >= 15 is 0 Å². The van der Waals surface area contributed by atoms with E-state index in [2.05, 4.69) is 6.42 Å². The average Bonchev–Trinajstić information content (AvgIpc) is 2.83. The lowest BCUT2D eigenvalue weighted by Crippen LogP contribution is -2.60. The number of fused-ring (bicyclic) bond motifs is 2. The van der Waals surface area contributed by atoms with Crippen LogP contribution >= 0.6 is 0 Å². The lowest BCUT2D eigenvalue weighted by atomic mass is 9.87. The number of primary amides is 1. The second-order valence-corrected chi connectivity index (χ2v) is 11.0. The van der Waals surface area contributed by atoms with Gasteiger partial charge in [-0.2, -0.15) is 0 Å². The van der Waals surface area contributed by atoms with Gasteiger partial charge >= 0.3 is 0 Å². The van der Waals surface area contributed by atoms with Gasteiger partial charge in [0.1, 0.15) is 10.9 Å². The van der Waals surface area contributed by atoms with Gasteiger partial charge in [0, 0.05) is 51.9 Å². The van der Waals surface area contributed by atoms with Gasteiger partial charge in [-0.15, -0.1) is 0 Å². The number of carbonyl (C=O) groups is 2. The first kappa shape index (κ1) is 25.0. The average molecular weight is 447 g/mol. The molecule has 2 aliphatic rings. The van der Waals surface area contributed by atoms with Gasteiger partial charge in [-0.25, -0.2) is 8.42 Å². The molecular weight excluding hydrogens is 410 g/mol. The molecule has 4 atom stereocenters. The largest absolute Gasteiger partial charge is 0.390 e. The molecule has 2 bridgehead atoms. The predicted molar refractivity (Wildman–Crippen MR) is 114 cm³/mol. The summed E-state index contributed by atoms with van der Waals surface area (Å²) < 4.78 is 23.0. The molecular formula is C19H36N5O5S. The number of carbonyl (C=O) groups excluding carboxylic acids is 2. The number of aliphatic hydroxyl groups excluding tert-OH is 1. The molecule has 0 aromatic heterocycles. The number of hydrogen-bond acceptors (Lipinski definition) is 8. The van der Waals surface area contributed by atoms with E-state index < -0.39 is 26.9 Å². The Balaban J connectivity index is 1.92. The van der Waals surface area contributed by atoms with Crippen LogP contribution in [-0.2, 0) is 19.4 Å². The number of hydrogen-bond donors (Lipinski definition) is 3. The van der Waals surface area contributed by atoms with Crippen molar-refractivity contribution in [2.75, 3.05) is 46.0 Å². The summed E-state index contributed by atoms with van der Waals surface area (Å²) in [4.78, 5) is 29.5. The van der Waals surface area contributed by atoms with Gasteiger partial charge in [-0.3, -0.25) is 14.5 Å². The SMILES string of the molecule is CC(=O)N(CCN(C)CC(N)S(C)(=O)=O)CC(O)CN1[C@@H]2C[CH]C[C@@]1(C(N)=O)CC2. The van der Waals surface area contributed by atoms with Crippen LogP contribution in [0.1, 0.15) is 32.6 Å². The van der Waals surface area contributed by atoms with Gasteiger partial charge in [-0.1, -0.05) is 0 Å². The van der Waals surface area contributed by atoms with Gasteiger partial charge < -0.3 is 26.4 Å². The zero-order valence-electron chi connectivity index (χ0n) is 18.2. The third-order valence-electron chi connectivity index (χ3n) is 6.34. The number of rotatable bonds is 11.